The minimum absolute atomic E-state index is 0.0661. The highest BCUT2D eigenvalue weighted by Gasteiger charge is 2.46. The Bertz CT molecular complexity index is 710. The van der Waals surface area contributed by atoms with Crippen LogP contribution < -0.4 is 0 Å². The molecule has 1 aliphatic carbocycles. The molecule has 2 aromatic carbocycles. The van der Waals surface area contributed by atoms with Gasteiger partial charge < -0.3 is 4.90 Å². The number of benzene rings is 2. The maximum absolute atomic E-state index is 13.0. The van der Waals surface area contributed by atoms with Gasteiger partial charge in [0.15, 0.2) is 0 Å². The first-order valence-corrected chi connectivity index (χ1v) is 9.83. The van der Waals surface area contributed by atoms with Gasteiger partial charge in [0.2, 0.25) is 0 Å². The standard InChI is InChI=1S/C24H31NO/c1-5-21(25(3)4)24-20(18-12-8-6-9-13-18)16-22(26)17(2)23(24)19-14-10-7-11-15-19/h6-15,17,20-21,23-24H,5,16H2,1-4H3/t17-,20+,21?,23-,24+/m0/s1. The average Bonchev–Trinajstić information content (AvgIpc) is 2.66. The van der Waals surface area contributed by atoms with Crippen molar-refractivity contribution in [3.63, 3.8) is 0 Å². The van der Waals surface area contributed by atoms with E-state index in [0.29, 0.717) is 24.2 Å². The van der Waals surface area contributed by atoms with Crippen molar-refractivity contribution in [2.45, 2.75) is 44.6 Å². The molecule has 0 aliphatic heterocycles. The lowest BCUT2D eigenvalue weighted by molar-refractivity contribution is -0.127. The topological polar surface area (TPSA) is 20.3 Å². The average molecular weight is 350 g/mol. The molecule has 1 saturated carbocycles. The molecule has 0 N–H and O–H groups in total. The van der Waals surface area contributed by atoms with E-state index in [0.717, 1.165) is 6.42 Å². The van der Waals surface area contributed by atoms with Crippen molar-refractivity contribution in [2.24, 2.45) is 11.8 Å². The van der Waals surface area contributed by atoms with Crippen LogP contribution in [-0.2, 0) is 4.79 Å². The molecule has 1 fully saturated rings. The quantitative estimate of drug-likeness (QED) is 0.747. The van der Waals surface area contributed by atoms with Crippen LogP contribution in [0.2, 0.25) is 0 Å². The summed E-state index contributed by atoms with van der Waals surface area (Å²) >= 11 is 0. The largest absolute Gasteiger partial charge is 0.306 e. The van der Waals surface area contributed by atoms with Gasteiger partial charge in [-0.15, -0.1) is 0 Å². The van der Waals surface area contributed by atoms with Crippen molar-refractivity contribution in [2.75, 3.05) is 14.1 Å². The van der Waals surface area contributed by atoms with Gasteiger partial charge in [0.25, 0.3) is 0 Å². The Morgan fingerprint density at radius 3 is 2.00 bits per heavy atom. The van der Waals surface area contributed by atoms with E-state index >= 15 is 0 Å². The van der Waals surface area contributed by atoms with Crippen LogP contribution >= 0.6 is 0 Å². The summed E-state index contributed by atoms with van der Waals surface area (Å²) in [5, 5.41) is 0. The SMILES string of the molecule is CCC([C@@H]1[C@H](c2ccccc2)[C@@H](C)C(=O)C[C@@H]1c1ccccc1)N(C)C. The fraction of sp³-hybridized carbons (Fsp3) is 0.458. The fourth-order valence-corrected chi connectivity index (χ4v) is 5.04. The van der Waals surface area contributed by atoms with Gasteiger partial charge in [-0.3, -0.25) is 4.79 Å². The van der Waals surface area contributed by atoms with E-state index in [-0.39, 0.29) is 17.8 Å². The first kappa shape index (κ1) is 18.8. The molecular weight excluding hydrogens is 318 g/mol. The third-order valence-corrected chi connectivity index (χ3v) is 6.28. The second-order valence-electron chi connectivity index (χ2n) is 7.93. The van der Waals surface area contributed by atoms with Crippen LogP contribution in [-0.4, -0.2) is 30.8 Å². The summed E-state index contributed by atoms with van der Waals surface area (Å²) in [7, 11) is 4.36. The second-order valence-corrected chi connectivity index (χ2v) is 7.93. The number of ketones is 1. The number of rotatable bonds is 5. The zero-order chi connectivity index (χ0) is 18.7. The van der Waals surface area contributed by atoms with Gasteiger partial charge in [0.1, 0.15) is 5.78 Å². The van der Waals surface area contributed by atoms with Crippen LogP contribution in [0, 0.1) is 11.8 Å². The lowest BCUT2D eigenvalue weighted by Crippen LogP contribution is -2.47. The van der Waals surface area contributed by atoms with E-state index in [4.69, 9.17) is 0 Å². The number of carbonyl (C=O) groups excluding carboxylic acids is 1. The summed E-state index contributed by atoms with van der Waals surface area (Å²) in [6.07, 6.45) is 1.74. The molecule has 0 aromatic heterocycles. The van der Waals surface area contributed by atoms with E-state index in [1.807, 2.05) is 0 Å². The summed E-state index contributed by atoms with van der Waals surface area (Å²) in [5.74, 6) is 1.42. The third-order valence-electron chi connectivity index (χ3n) is 6.28. The molecule has 0 saturated heterocycles. The predicted molar refractivity (Wildman–Crippen MR) is 108 cm³/mol. The molecule has 0 bridgehead atoms. The van der Waals surface area contributed by atoms with E-state index in [1.54, 1.807) is 0 Å². The van der Waals surface area contributed by atoms with Crippen LogP contribution in [0.3, 0.4) is 0 Å². The minimum atomic E-state index is 0.0661. The number of nitrogens with zero attached hydrogens (tertiary/aromatic N) is 1. The third kappa shape index (κ3) is 3.61. The van der Waals surface area contributed by atoms with Crippen molar-refractivity contribution in [3.8, 4) is 0 Å². The van der Waals surface area contributed by atoms with Gasteiger partial charge in [0.05, 0.1) is 0 Å². The smallest absolute Gasteiger partial charge is 0.136 e. The van der Waals surface area contributed by atoms with Crippen LogP contribution in [0.15, 0.2) is 60.7 Å². The molecule has 1 unspecified atom stereocenters. The van der Waals surface area contributed by atoms with Gasteiger partial charge >= 0.3 is 0 Å². The van der Waals surface area contributed by atoms with E-state index in [9.17, 15) is 4.79 Å². The molecule has 0 amide bonds. The molecule has 3 rings (SSSR count). The molecule has 26 heavy (non-hydrogen) atoms. The van der Waals surface area contributed by atoms with Crippen molar-refractivity contribution in [1.82, 2.24) is 4.90 Å². The summed E-state index contributed by atoms with van der Waals surface area (Å²) < 4.78 is 0. The lowest BCUT2D eigenvalue weighted by Gasteiger charge is -2.47. The Morgan fingerprint density at radius 1 is 0.962 bits per heavy atom. The molecule has 0 spiro atoms. The molecule has 2 nitrogen and oxygen atoms in total. The Kier molecular flexibility index (Phi) is 5.93. The Hall–Kier alpha value is -1.93. The molecule has 1 aliphatic rings. The van der Waals surface area contributed by atoms with E-state index < -0.39 is 0 Å². The molecule has 2 heteroatoms. The monoisotopic (exact) mass is 349 g/mol. The summed E-state index contributed by atoms with van der Waals surface area (Å²) in [5.41, 5.74) is 2.61. The Morgan fingerprint density at radius 2 is 1.50 bits per heavy atom. The zero-order valence-electron chi connectivity index (χ0n) is 16.4. The van der Waals surface area contributed by atoms with E-state index in [1.165, 1.54) is 11.1 Å². The van der Waals surface area contributed by atoms with Crippen molar-refractivity contribution in [3.05, 3.63) is 71.8 Å². The first-order valence-electron chi connectivity index (χ1n) is 9.83. The van der Waals surface area contributed by atoms with Crippen LogP contribution in [0.4, 0.5) is 0 Å². The summed E-state index contributed by atoms with van der Waals surface area (Å²) in [6.45, 7) is 4.41. The molecule has 2 aromatic rings. The Labute approximate surface area is 158 Å². The van der Waals surface area contributed by atoms with Gasteiger partial charge in [-0.25, -0.2) is 0 Å². The van der Waals surface area contributed by atoms with Crippen molar-refractivity contribution >= 4 is 5.78 Å². The summed E-state index contributed by atoms with van der Waals surface area (Å²) in [4.78, 5) is 15.3. The number of carbonyl (C=O) groups is 1. The highest BCUT2D eigenvalue weighted by molar-refractivity contribution is 5.84. The molecule has 0 radical (unpaired) electrons. The maximum Gasteiger partial charge on any atom is 0.136 e. The highest BCUT2D eigenvalue weighted by atomic mass is 16.1. The lowest BCUT2D eigenvalue weighted by atomic mass is 9.59. The predicted octanol–water partition coefficient (Wildman–Crippen LogP) is 5.12. The second kappa shape index (κ2) is 8.18. The van der Waals surface area contributed by atoms with Crippen LogP contribution in [0.1, 0.15) is 49.7 Å². The summed E-state index contributed by atoms with van der Waals surface area (Å²) in [6, 6.07) is 21.8. The number of Topliss-reactive ketones (excluding diaryl/α,β-unsaturated/α-hetero) is 1. The fourth-order valence-electron chi connectivity index (χ4n) is 5.04. The highest BCUT2D eigenvalue weighted by Crippen LogP contribution is 2.50. The maximum atomic E-state index is 13.0. The first-order chi connectivity index (χ1) is 12.5. The molecule has 5 atom stereocenters. The zero-order valence-corrected chi connectivity index (χ0v) is 16.4. The van der Waals surface area contributed by atoms with Crippen LogP contribution in [0.25, 0.3) is 0 Å². The van der Waals surface area contributed by atoms with Gasteiger partial charge in [0, 0.05) is 18.4 Å². The van der Waals surface area contributed by atoms with Crippen molar-refractivity contribution in [1.29, 1.82) is 0 Å². The molecule has 138 valence electrons. The van der Waals surface area contributed by atoms with Crippen LogP contribution in [0.5, 0.6) is 0 Å². The molecule has 0 heterocycles. The normalized spacial score (nSPS) is 27.5. The molecular formula is C24H31NO. The van der Waals surface area contributed by atoms with Gasteiger partial charge in [-0.1, -0.05) is 74.5 Å². The number of hydrogen-bond donors (Lipinski definition) is 0. The Balaban J connectivity index is 2.12. The minimum Gasteiger partial charge on any atom is -0.306 e. The van der Waals surface area contributed by atoms with E-state index in [2.05, 4.69) is 93.5 Å². The van der Waals surface area contributed by atoms with Gasteiger partial charge in [-0.2, -0.15) is 0 Å². The number of hydrogen-bond acceptors (Lipinski definition) is 2. The van der Waals surface area contributed by atoms with Gasteiger partial charge in [-0.05, 0) is 49.4 Å². The van der Waals surface area contributed by atoms with Crippen molar-refractivity contribution < 1.29 is 4.79 Å².